The van der Waals surface area contributed by atoms with Crippen LogP contribution < -0.4 is 10.6 Å². The first kappa shape index (κ1) is 19.4. The van der Waals surface area contributed by atoms with Crippen molar-refractivity contribution in [1.82, 2.24) is 15.5 Å². The van der Waals surface area contributed by atoms with Crippen molar-refractivity contribution >= 4 is 11.8 Å². The number of carbonyl (C=O) groups excluding carboxylic acids is 2. The van der Waals surface area contributed by atoms with Gasteiger partial charge in [0.05, 0.1) is 12.5 Å². The van der Waals surface area contributed by atoms with E-state index >= 15 is 0 Å². The number of likely N-dealkylation sites (tertiary alicyclic amines) is 1. The molecule has 2 amide bonds. The Balaban J connectivity index is 1.22. The van der Waals surface area contributed by atoms with Crippen LogP contribution in [0, 0.1) is 11.8 Å². The molecule has 0 aromatic heterocycles. The fourth-order valence-corrected chi connectivity index (χ4v) is 4.69. The van der Waals surface area contributed by atoms with E-state index in [9.17, 15) is 9.59 Å². The third kappa shape index (κ3) is 5.13. The van der Waals surface area contributed by atoms with Crippen LogP contribution in [0.4, 0.5) is 0 Å². The number of fused-ring (bicyclic) bond motifs is 1. The topological polar surface area (TPSA) is 61.4 Å². The number of amides is 2. The van der Waals surface area contributed by atoms with Crippen LogP contribution in [0.2, 0.25) is 0 Å². The van der Waals surface area contributed by atoms with Crippen LogP contribution in [0.25, 0.3) is 0 Å². The number of piperidine rings is 1. The number of carbonyl (C=O) groups is 2. The molecule has 2 N–H and O–H groups in total. The van der Waals surface area contributed by atoms with Crippen molar-refractivity contribution in [2.75, 3.05) is 32.7 Å². The number of rotatable bonds is 7. The molecular formula is C23H33N3O2. The lowest BCUT2D eigenvalue weighted by Crippen LogP contribution is -2.47. The Kier molecular flexibility index (Phi) is 6.30. The molecule has 1 saturated carbocycles. The molecule has 1 saturated heterocycles. The second kappa shape index (κ2) is 9.08. The summed E-state index contributed by atoms with van der Waals surface area (Å²) in [5, 5.41) is 6.25. The van der Waals surface area contributed by atoms with Crippen molar-refractivity contribution in [3.8, 4) is 0 Å². The summed E-state index contributed by atoms with van der Waals surface area (Å²) < 4.78 is 0. The van der Waals surface area contributed by atoms with Crippen molar-refractivity contribution in [1.29, 1.82) is 0 Å². The quantitative estimate of drug-likeness (QED) is 0.760. The first-order chi connectivity index (χ1) is 13.7. The summed E-state index contributed by atoms with van der Waals surface area (Å²) in [6.45, 7) is 3.57. The SMILES string of the molecule is O=C(CN1CCC[C@H](C(=O)NCC2CC2)C1)NC[C@H]1CCCc2ccccc21. The highest BCUT2D eigenvalue weighted by atomic mass is 16.2. The van der Waals surface area contributed by atoms with E-state index < -0.39 is 0 Å². The average molecular weight is 384 g/mol. The van der Waals surface area contributed by atoms with Gasteiger partial charge in [-0.25, -0.2) is 0 Å². The van der Waals surface area contributed by atoms with Gasteiger partial charge in [0, 0.05) is 25.6 Å². The Morgan fingerprint density at radius 1 is 1.00 bits per heavy atom. The first-order valence-corrected chi connectivity index (χ1v) is 11.0. The zero-order chi connectivity index (χ0) is 19.3. The molecular weight excluding hydrogens is 350 g/mol. The van der Waals surface area contributed by atoms with Crippen molar-refractivity contribution in [3.05, 3.63) is 35.4 Å². The Labute approximate surface area is 168 Å². The second-order valence-corrected chi connectivity index (χ2v) is 8.85. The molecule has 2 atom stereocenters. The van der Waals surface area contributed by atoms with Gasteiger partial charge in [0.2, 0.25) is 11.8 Å². The van der Waals surface area contributed by atoms with E-state index in [2.05, 4.69) is 39.8 Å². The van der Waals surface area contributed by atoms with Gasteiger partial charge in [-0.1, -0.05) is 24.3 Å². The maximum atomic E-state index is 12.5. The van der Waals surface area contributed by atoms with Crippen LogP contribution in [-0.2, 0) is 16.0 Å². The third-order valence-electron chi connectivity index (χ3n) is 6.54. The number of hydrogen-bond donors (Lipinski definition) is 2. The fourth-order valence-electron chi connectivity index (χ4n) is 4.69. The molecule has 1 aromatic carbocycles. The predicted molar refractivity (Wildman–Crippen MR) is 110 cm³/mol. The highest BCUT2D eigenvalue weighted by Gasteiger charge is 2.29. The molecule has 152 valence electrons. The Morgan fingerprint density at radius 2 is 1.86 bits per heavy atom. The normalized spacial score (nSPS) is 25.0. The lowest BCUT2D eigenvalue weighted by Gasteiger charge is -2.32. The minimum absolute atomic E-state index is 0.0329. The fraction of sp³-hybridized carbons (Fsp3) is 0.652. The Hall–Kier alpha value is -1.88. The van der Waals surface area contributed by atoms with Crippen LogP contribution in [0.15, 0.2) is 24.3 Å². The number of hydrogen-bond acceptors (Lipinski definition) is 3. The van der Waals surface area contributed by atoms with E-state index in [1.54, 1.807) is 0 Å². The van der Waals surface area contributed by atoms with Crippen LogP contribution in [0.1, 0.15) is 55.6 Å². The molecule has 2 aliphatic carbocycles. The number of aryl methyl sites for hydroxylation is 1. The molecule has 1 aromatic rings. The van der Waals surface area contributed by atoms with E-state index in [4.69, 9.17) is 0 Å². The minimum Gasteiger partial charge on any atom is -0.356 e. The molecule has 0 unspecified atom stereocenters. The van der Waals surface area contributed by atoms with Gasteiger partial charge in [0.15, 0.2) is 0 Å². The van der Waals surface area contributed by atoms with Crippen LogP contribution in [-0.4, -0.2) is 49.4 Å². The van der Waals surface area contributed by atoms with Crippen molar-refractivity contribution < 1.29 is 9.59 Å². The van der Waals surface area contributed by atoms with Crippen molar-refractivity contribution in [2.45, 2.75) is 50.9 Å². The molecule has 0 spiro atoms. The summed E-state index contributed by atoms with van der Waals surface area (Å²) >= 11 is 0. The molecule has 0 radical (unpaired) electrons. The Morgan fingerprint density at radius 3 is 2.71 bits per heavy atom. The summed E-state index contributed by atoms with van der Waals surface area (Å²) in [6, 6.07) is 8.63. The Bertz CT molecular complexity index is 701. The maximum Gasteiger partial charge on any atom is 0.234 e. The van der Waals surface area contributed by atoms with Gasteiger partial charge in [0.25, 0.3) is 0 Å². The third-order valence-corrected chi connectivity index (χ3v) is 6.54. The van der Waals surface area contributed by atoms with Gasteiger partial charge < -0.3 is 10.6 Å². The zero-order valence-corrected chi connectivity index (χ0v) is 16.8. The van der Waals surface area contributed by atoms with Gasteiger partial charge in [-0.05, 0) is 68.5 Å². The summed E-state index contributed by atoms with van der Waals surface area (Å²) in [5.74, 6) is 1.43. The summed E-state index contributed by atoms with van der Waals surface area (Å²) in [5.41, 5.74) is 2.84. The first-order valence-electron chi connectivity index (χ1n) is 11.0. The van der Waals surface area contributed by atoms with Gasteiger partial charge in [-0.15, -0.1) is 0 Å². The molecule has 5 nitrogen and oxygen atoms in total. The smallest absolute Gasteiger partial charge is 0.234 e. The van der Waals surface area contributed by atoms with Crippen molar-refractivity contribution in [3.63, 3.8) is 0 Å². The second-order valence-electron chi connectivity index (χ2n) is 8.85. The van der Waals surface area contributed by atoms with E-state index in [0.717, 1.165) is 45.3 Å². The molecule has 3 aliphatic rings. The van der Waals surface area contributed by atoms with E-state index in [1.165, 1.54) is 30.4 Å². The summed E-state index contributed by atoms with van der Waals surface area (Å²) in [4.78, 5) is 27.0. The zero-order valence-electron chi connectivity index (χ0n) is 16.8. The van der Waals surface area contributed by atoms with E-state index in [1.807, 2.05) is 0 Å². The molecule has 1 heterocycles. The molecule has 5 heteroatoms. The highest BCUT2D eigenvalue weighted by Crippen LogP contribution is 2.31. The lowest BCUT2D eigenvalue weighted by molar-refractivity contribution is -0.129. The molecule has 28 heavy (non-hydrogen) atoms. The van der Waals surface area contributed by atoms with Crippen LogP contribution in [0.5, 0.6) is 0 Å². The lowest BCUT2D eigenvalue weighted by atomic mass is 9.83. The van der Waals surface area contributed by atoms with Gasteiger partial charge in [-0.3, -0.25) is 14.5 Å². The standard InChI is InChI=1S/C23H33N3O2/c27-22(24-14-19-7-3-6-18-5-1-2-9-21(18)19)16-26-12-4-8-20(15-26)23(28)25-13-17-10-11-17/h1-2,5,9,17,19-20H,3-4,6-8,10-16H2,(H,24,27)(H,25,28)/t19-,20+/m1/s1. The average Bonchev–Trinajstić information content (AvgIpc) is 3.55. The largest absolute Gasteiger partial charge is 0.356 e. The van der Waals surface area contributed by atoms with E-state index in [0.29, 0.717) is 24.9 Å². The van der Waals surface area contributed by atoms with Crippen LogP contribution in [0.3, 0.4) is 0 Å². The van der Waals surface area contributed by atoms with Crippen LogP contribution >= 0.6 is 0 Å². The summed E-state index contributed by atoms with van der Waals surface area (Å²) in [6.07, 6.45) is 7.92. The molecule has 0 bridgehead atoms. The summed E-state index contributed by atoms with van der Waals surface area (Å²) in [7, 11) is 0. The molecule has 1 aliphatic heterocycles. The molecule has 4 rings (SSSR count). The van der Waals surface area contributed by atoms with E-state index in [-0.39, 0.29) is 17.7 Å². The maximum absolute atomic E-state index is 12.5. The number of nitrogens with zero attached hydrogens (tertiary/aromatic N) is 1. The van der Waals surface area contributed by atoms with Gasteiger partial charge in [0.1, 0.15) is 0 Å². The van der Waals surface area contributed by atoms with Gasteiger partial charge in [-0.2, -0.15) is 0 Å². The monoisotopic (exact) mass is 383 g/mol. The number of benzene rings is 1. The highest BCUT2D eigenvalue weighted by molar-refractivity contribution is 5.80. The predicted octanol–water partition coefficient (Wildman–Crippen LogP) is 2.46. The number of nitrogens with one attached hydrogen (secondary N) is 2. The molecule has 2 fully saturated rings. The van der Waals surface area contributed by atoms with Gasteiger partial charge >= 0.3 is 0 Å². The minimum atomic E-state index is 0.0329. The van der Waals surface area contributed by atoms with Crippen molar-refractivity contribution in [2.24, 2.45) is 11.8 Å².